The zero-order chi connectivity index (χ0) is 14.9. The van der Waals surface area contributed by atoms with Crippen LogP contribution < -0.4 is 5.32 Å². The number of imide groups is 1. The molecular weight excluding hydrogens is 266 g/mol. The fraction of sp³-hybridized carbons (Fsp3) is 0.273. The van der Waals surface area contributed by atoms with E-state index in [1.807, 2.05) is 0 Å². The van der Waals surface area contributed by atoms with E-state index in [1.54, 1.807) is 6.07 Å². The highest BCUT2D eigenvalue weighted by Gasteiger charge is 2.37. The Morgan fingerprint density at radius 2 is 2.30 bits per heavy atom. The fourth-order valence-corrected chi connectivity index (χ4v) is 1.87. The van der Waals surface area contributed by atoms with Crippen molar-refractivity contribution in [2.24, 2.45) is 0 Å². The Bertz CT molecular complexity index is 651. The van der Waals surface area contributed by atoms with Crippen LogP contribution in [0, 0.1) is 21.4 Å². The summed E-state index contributed by atoms with van der Waals surface area (Å²) < 4.78 is 0. The Kier molecular flexibility index (Phi) is 3.30. The standard InChI is InChI=1S/C11H9N5O4/c1-15-8(17)4-7(11(15)18)14-10-9(16(19)20)6(5-12)2-3-13-10/h2-3,7H,4H2,1H3,(H,13,14). The molecule has 2 rings (SSSR count). The minimum absolute atomic E-state index is 0.106. The number of rotatable bonds is 3. The molecule has 102 valence electrons. The SMILES string of the molecule is CN1C(=O)CC(Nc2nccc(C#N)c2[N+](=O)[O-])C1=O. The van der Waals surface area contributed by atoms with Crippen molar-refractivity contribution >= 4 is 23.3 Å². The largest absolute Gasteiger partial charge is 0.352 e. The van der Waals surface area contributed by atoms with Crippen molar-refractivity contribution in [1.29, 1.82) is 5.26 Å². The molecule has 1 aliphatic heterocycles. The molecule has 1 aromatic heterocycles. The predicted molar refractivity (Wildman–Crippen MR) is 65.4 cm³/mol. The van der Waals surface area contributed by atoms with Gasteiger partial charge < -0.3 is 5.32 Å². The summed E-state index contributed by atoms with van der Waals surface area (Å²) in [5, 5.41) is 22.4. The Morgan fingerprint density at radius 1 is 1.60 bits per heavy atom. The van der Waals surface area contributed by atoms with Gasteiger partial charge >= 0.3 is 5.69 Å². The summed E-state index contributed by atoms with van der Waals surface area (Å²) in [4.78, 5) is 38.1. The number of aromatic nitrogens is 1. The van der Waals surface area contributed by atoms with Crippen LogP contribution in [0.15, 0.2) is 12.3 Å². The fourth-order valence-electron chi connectivity index (χ4n) is 1.87. The lowest BCUT2D eigenvalue weighted by atomic mass is 10.2. The highest BCUT2D eigenvalue weighted by atomic mass is 16.6. The van der Waals surface area contributed by atoms with E-state index >= 15 is 0 Å². The van der Waals surface area contributed by atoms with E-state index in [1.165, 1.54) is 19.3 Å². The highest BCUT2D eigenvalue weighted by Crippen LogP contribution is 2.27. The lowest BCUT2D eigenvalue weighted by Crippen LogP contribution is -2.32. The molecule has 0 aromatic carbocycles. The van der Waals surface area contributed by atoms with E-state index in [2.05, 4.69) is 10.3 Å². The number of nitro groups is 1. The number of pyridine rings is 1. The van der Waals surface area contributed by atoms with Gasteiger partial charge in [0.05, 0.1) is 11.3 Å². The molecule has 1 aromatic rings. The molecule has 20 heavy (non-hydrogen) atoms. The summed E-state index contributed by atoms with van der Waals surface area (Å²) in [6.45, 7) is 0. The van der Waals surface area contributed by atoms with Gasteiger partial charge in [0.25, 0.3) is 5.91 Å². The Hall–Kier alpha value is -3.02. The van der Waals surface area contributed by atoms with Crippen molar-refractivity contribution in [3.05, 3.63) is 27.9 Å². The second-order valence-corrected chi connectivity index (χ2v) is 4.12. The van der Waals surface area contributed by atoms with Gasteiger partial charge in [0.1, 0.15) is 17.7 Å². The summed E-state index contributed by atoms with van der Waals surface area (Å²) >= 11 is 0. The number of nitriles is 1. The molecule has 1 aliphatic rings. The third kappa shape index (κ3) is 2.14. The van der Waals surface area contributed by atoms with Crippen molar-refractivity contribution in [3.63, 3.8) is 0 Å². The first kappa shape index (κ1) is 13.4. The van der Waals surface area contributed by atoms with Crippen LogP contribution in [0.4, 0.5) is 11.5 Å². The Morgan fingerprint density at radius 3 is 2.80 bits per heavy atom. The number of likely N-dealkylation sites (tertiary alicyclic amines) is 1. The topological polar surface area (TPSA) is 129 Å². The lowest BCUT2D eigenvalue weighted by molar-refractivity contribution is -0.384. The van der Waals surface area contributed by atoms with E-state index in [9.17, 15) is 19.7 Å². The van der Waals surface area contributed by atoms with Crippen molar-refractivity contribution in [2.75, 3.05) is 12.4 Å². The summed E-state index contributed by atoms with van der Waals surface area (Å²) in [6, 6.07) is 1.98. The van der Waals surface area contributed by atoms with Gasteiger partial charge in [-0.3, -0.25) is 24.6 Å². The van der Waals surface area contributed by atoms with Crippen molar-refractivity contribution in [2.45, 2.75) is 12.5 Å². The van der Waals surface area contributed by atoms with Gasteiger partial charge in [-0.25, -0.2) is 4.98 Å². The second-order valence-electron chi connectivity index (χ2n) is 4.12. The number of nitrogens with zero attached hydrogens (tertiary/aromatic N) is 4. The van der Waals surface area contributed by atoms with Crippen molar-refractivity contribution in [1.82, 2.24) is 9.88 Å². The molecule has 1 N–H and O–H groups in total. The van der Waals surface area contributed by atoms with Crippen LogP contribution in [0.1, 0.15) is 12.0 Å². The maximum absolute atomic E-state index is 11.7. The quantitative estimate of drug-likeness (QED) is 0.468. The lowest BCUT2D eigenvalue weighted by Gasteiger charge is -2.11. The third-order valence-corrected chi connectivity index (χ3v) is 2.92. The molecular formula is C11H9N5O4. The molecule has 9 heteroatoms. The van der Waals surface area contributed by atoms with Gasteiger partial charge in [-0.05, 0) is 6.07 Å². The van der Waals surface area contributed by atoms with Crippen molar-refractivity contribution in [3.8, 4) is 6.07 Å². The summed E-state index contributed by atoms with van der Waals surface area (Å²) in [5.41, 5.74) is -0.678. The van der Waals surface area contributed by atoms with Crippen LogP contribution in [0.3, 0.4) is 0 Å². The monoisotopic (exact) mass is 275 g/mol. The van der Waals surface area contributed by atoms with Gasteiger partial charge in [0.2, 0.25) is 11.7 Å². The van der Waals surface area contributed by atoms with Crippen LogP contribution in [-0.4, -0.2) is 39.7 Å². The Labute approximate surface area is 113 Å². The molecule has 0 radical (unpaired) electrons. The highest BCUT2D eigenvalue weighted by molar-refractivity contribution is 6.06. The van der Waals surface area contributed by atoms with Gasteiger partial charge in [-0.15, -0.1) is 0 Å². The van der Waals surface area contributed by atoms with Crippen molar-refractivity contribution < 1.29 is 14.5 Å². The minimum Gasteiger partial charge on any atom is -0.352 e. The second kappa shape index (κ2) is 4.93. The number of amides is 2. The van der Waals surface area contributed by atoms with E-state index in [4.69, 9.17) is 5.26 Å². The molecule has 1 atom stereocenters. The normalized spacial score (nSPS) is 18.0. The first-order chi connectivity index (χ1) is 9.45. The van der Waals surface area contributed by atoms with Gasteiger partial charge in [0, 0.05) is 13.2 Å². The zero-order valence-corrected chi connectivity index (χ0v) is 10.4. The molecule has 2 amide bonds. The molecule has 9 nitrogen and oxygen atoms in total. The summed E-state index contributed by atoms with van der Waals surface area (Å²) in [6.07, 6.45) is 1.11. The number of likely N-dealkylation sites (N-methyl/N-ethyl adjacent to an activating group) is 1. The number of carbonyl (C=O) groups is 2. The molecule has 1 saturated heterocycles. The number of carbonyl (C=O) groups excluding carboxylic acids is 2. The van der Waals surface area contributed by atoms with Crippen LogP contribution in [0.5, 0.6) is 0 Å². The molecule has 0 saturated carbocycles. The smallest absolute Gasteiger partial charge is 0.328 e. The van der Waals surface area contributed by atoms with E-state index in [0.29, 0.717) is 0 Å². The molecule has 0 spiro atoms. The van der Waals surface area contributed by atoms with E-state index < -0.39 is 22.6 Å². The minimum atomic E-state index is -0.910. The molecule has 0 aliphatic carbocycles. The predicted octanol–water partition coefficient (Wildman–Crippen LogP) is 0.0307. The first-order valence-electron chi connectivity index (χ1n) is 5.56. The third-order valence-electron chi connectivity index (χ3n) is 2.92. The summed E-state index contributed by atoms with van der Waals surface area (Å²) in [7, 11) is 1.33. The first-order valence-corrected chi connectivity index (χ1v) is 5.56. The molecule has 1 unspecified atom stereocenters. The molecule has 0 bridgehead atoms. The maximum Gasteiger partial charge on any atom is 0.328 e. The average Bonchev–Trinajstić information content (AvgIpc) is 2.65. The number of hydrogen-bond donors (Lipinski definition) is 1. The van der Waals surface area contributed by atoms with E-state index in [-0.39, 0.29) is 23.7 Å². The van der Waals surface area contributed by atoms with Crippen LogP contribution in [0.25, 0.3) is 0 Å². The van der Waals surface area contributed by atoms with Gasteiger partial charge in [-0.2, -0.15) is 5.26 Å². The Balaban J connectivity index is 2.36. The average molecular weight is 275 g/mol. The number of hydrogen-bond acceptors (Lipinski definition) is 7. The number of nitrogens with one attached hydrogen (secondary N) is 1. The molecule has 1 fully saturated rings. The number of anilines is 1. The van der Waals surface area contributed by atoms with Crippen LogP contribution in [0.2, 0.25) is 0 Å². The van der Waals surface area contributed by atoms with Crippen LogP contribution in [-0.2, 0) is 9.59 Å². The van der Waals surface area contributed by atoms with Crippen LogP contribution >= 0.6 is 0 Å². The summed E-state index contributed by atoms with van der Waals surface area (Å²) in [5.74, 6) is -1.07. The van der Waals surface area contributed by atoms with E-state index in [0.717, 1.165) is 4.90 Å². The van der Waals surface area contributed by atoms with Gasteiger partial charge in [-0.1, -0.05) is 0 Å². The molecule has 2 heterocycles. The maximum atomic E-state index is 11.7. The van der Waals surface area contributed by atoms with Gasteiger partial charge in [0.15, 0.2) is 0 Å². The zero-order valence-electron chi connectivity index (χ0n) is 10.4.